The Hall–Kier alpha value is -2.92. The van der Waals surface area contributed by atoms with Crippen molar-refractivity contribution in [1.82, 2.24) is 14.8 Å². The van der Waals surface area contributed by atoms with Gasteiger partial charge in [0.2, 0.25) is 5.88 Å². The molecule has 1 amide bonds. The van der Waals surface area contributed by atoms with Crippen molar-refractivity contribution in [3.8, 4) is 5.88 Å². The van der Waals surface area contributed by atoms with Crippen LogP contribution < -0.4 is 4.74 Å². The fourth-order valence-corrected chi connectivity index (χ4v) is 3.95. The highest BCUT2D eigenvalue weighted by atomic mass is 16.5. The molecule has 29 heavy (non-hydrogen) atoms. The molecule has 1 fully saturated rings. The number of likely N-dealkylation sites (N-methyl/N-ethyl adjacent to an activating group) is 1. The first-order valence-corrected chi connectivity index (χ1v) is 10.2. The predicted octanol–water partition coefficient (Wildman–Crippen LogP) is 3.91. The molecule has 1 aliphatic heterocycles. The van der Waals surface area contributed by atoms with E-state index in [0.29, 0.717) is 5.88 Å². The van der Waals surface area contributed by atoms with E-state index in [1.807, 2.05) is 60.5 Å². The third-order valence-corrected chi connectivity index (χ3v) is 5.64. The maximum absolute atomic E-state index is 13.0. The number of carbonyl (C=O) groups is 1. The molecule has 1 saturated heterocycles. The Balaban J connectivity index is 1.47. The largest absolute Gasteiger partial charge is 0.467 e. The number of carbonyl (C=O) groups excluding carboxylic acids is 1. The van der Waals surface area contributed by atoms with Gasteiger partial charge in [-0.05, 0) is 49.0 Å². The number of rotatable bonds is 7. The normalized spacial score (nSPS) is 15.3. The third-order valence-electron chi connectivity index (χ3n) is 5.64. The van der Waals surface area contributed by atoms with Gasteiger partial charge in [-0.3, -0.25) is 4.79 Å². The van der Waals surface area contributed by atoms with Crippen LogP contribution in [0, 0.1) is 0 Å². The minimum absolute atomic E-state index is 0.00544. The van der Waals surface area contributed by atoms with Gasteiger partial charge in [0.25, 0.3) is 5.91 Å². The molecule has 3 aromatic rings. The van der Waals surface area contributed by atoms with Crippen molar-refractivity contribution in [1.29, 1.82) is 0 Å². The number of fused-ring (bicyclic) bond motifs is 1. The monoisotopic (exact) mass is 389 g/mol. The minimum atomic E-state index is -0.0483. The quantitative estimate of drug-likeness (QED) is 0.615. The number of aromatic nitrogens is 1. The van der Waals surface area contributed by atoms with E-state index in [1.165, 1.54) is 12.8 Å². The Bertz CT molecular complexity index is 949. The van der Waals surface area contributed by atoms with Crippen molar-refractivity contribution in [2.75, 3.05) is 33.3 Å². The minimum Gasteiger partial charge on any atom is -0.467 e. The molecular formula is C24H27N3O2. The van der Waals surface area contributed by atoms with Crippen LogP contribution in [0.15, 0.2) is 66.9 Å². The van der Waals surface area contributed by atoms with E-state index in [1.54, 1.807) is 6.20 Å². The third kappa shape index (κ3) is 4.57. The van der Waals surface area contributed by atoms with E-state index in [2.05, 4.69) is 22.0 Å². The number of benzene rings is 2. The lowest BCUT2D eigenvalue weighted by atomic mass is 10.0. The van der Waals surface area contributed by atoms with Crippen LogP contribution in [0.3, 0.4) is 0 Å². The van der Waals surface area contributed by atoms with Crippen LogP contribution in [0.4, 0.5) is 0 Å². The summed E-state index contributed by atoms with van der Waals surface area (Å²) >= 11 is 0. The average Bonchev–Trinajstić information content (AvgIpc) is 3.29. The second kappa shape index (κ2) is 9.05. The first kappa shape index (κ1) is 19.4. The zero-order chi connectivity index (χ0) is 20.1. The number of hydrogen-bond acceptors (Lipinski definition) is 4. The molecule has 2 aromatic carbocycles. The van der Waals surface area contributed by atoms with E-state index in [-0.39, 0.29) is 18.6 Å². The molecule has 0 unspecified atom stereocenters. The van der Waals surface area contributed by atoms with Crippen LogP contribution in [0.25, 0.3) is 10.8 Å². The van der Waals surface area contributed by atoms with Crippen LogP contribution >= 0.6 is 0 Å². The molecule has 1 atom stereocenters. The van der Waals surface area contributed by atoms with Gasteiger partial charge >= 0.3 is 0 Å². The van der Waals surface area contributed by atoms with E-state index >= 15 is 0 Å². The van der Waals surface area contributed by atoms with Crippen LogP contribution in [0.1, 0.15) is 24.4 Å². The summed E-state index contributed by atoms with van der Waals surface area (Å²) in [6.45, 7) is 3.02. The molecule has 150 valence electrons. The molecule has 0 aliphatic carbocycles. The highest BCUT2D eigenvalue weighted by Crippen LogP contribution is 2.25. The number of amides is 1. The lowest BCUT2D eigenvalue weighted by Gasteiger charge is -2.32. The number of pyridine rings is 1. The molecular weight excluding hydrogens is 362 g/mol. The molecule has 1 aromatic heterocycles. The zero-order valence-corrected chi connectivity index (χ0v) is 16.8. The van der Waals surface area contributed by atoms with E-state index < -0.39 is 0 Å². The van der Waals surface area contributed by atoms with Crippen molar-refractivity contribution in [2.45, 2.75) is 18.9 Å². The van der Waals surface area contributed by atoms with Gasteiger partial charge in [0, 0.05) is 25.2 Å². The van der Waals surface area contributed by atoms with Gasteiger partial charge in [-0.15, -0.1) is 0 Å². The number of likely N-dealkylation sites (tertiary alicyclic amines) is 1. The summed E-state index contributed by atoms with van der Waals surface area (Å²) in [6, 6.07) is 20.1. The Morgan fingerprint density at radius 2 is 1.79 bits per heavy atom. The predicted molar refractivity (Wildman–Crippen MR) is 115 cm³/mol. The molecule has 0 bridgehead atoms. The molecule has 5 heteroatoms. The van der Waals surface area contributed by atoms with Crippen molar-refractivity contribution in [2.24, 2.45) is 0 Å². The van der Waals surface area contributed by atoms with E-state index in [0.717, 1.165) is 36.0 Å². The van der Waals surface area contributed by atoms with Crippen LogP contribution in [0.5, 0.6) is 5.88 Å². The summed E-state index contributed by atoms with van der Waals surface area (Å²) in [5.41, 5.74) is 1.15. The molecule has 0 spiro atoms. The van der Waals surface area contributed by atoms with Gasteiger partial charge in [-0.25, -0.2) is 4.98 Å². The standard InChI is InChI=1S/C24H27N3O2/c1-26(22(17-27-15-7-8-16-27)20-10-3-2-4-11-20)23(28)18-29-24-21-12-6-5-9-19(21)13-14-25-24/h2-6,9-14,22H,7-8,15-18H2,1H3/t22-/m1/s1. The highest BCUT2D eigenvalue weighted by molar-refractivity contribution is 5.87. The number of hydrogen-bond donors (Lipinski definition) is 0. The lowest BCUT2D eigenvalue weighted by molar-refractivity contribution is -0.134. The topological polar surface area (TPSA) is 45.7 Å². The van der Waals surface area contributed by atoms with Gasteiger partial charge in [-0.2, -0.15) is 0 Å². The van der Waals surface area contributed by atoms with E-state index in [9.17, 15) is 4.79 Å². The molecule has 0 radical (unpaired) electrons. The van der Waals surface area contributed by atoms with Gasteiger partial charge in [-0.1, -0.05) is 48.5 Å². The van der Waals surface area contributed by atoms with Crippen LogP contribution in [0.2, 0.25) is 0 Å². The lowest BCUT2D eigenvalue weighted by Crippen LogP contribution is -2.40. The second-order valence-corrected chi connectivity index (χ2v) is 7.56. The van der Waals surface area contributed by atoms with Gasteiger partial charge < -0.3 is 14.5 Å². The molecule has 2 heterocycles. The molecule has 0 saturated carbocycles. The first-order chi connectivity index (χ1) is 14.2. The van der Waals surface area contributed by atoms with Crippen LogP contribution in [-0.4, -0.2) is 54.0 Å². The fraction of sp³-hybridized carbons (Fsp3) is 0.333. The summed E-state index contributed by atoms with van der Waals surface area (Å²) in [5, 5.41) is 1.97. The van der Waals surface area contributed by atoms with Crippen molar-refractivity contribution in [3.05, 3.63) is 72.4 Å². The summed E-state index contributed by atoms with van der Waals surface area (Å²) in [4.78, 5) is 21.6. The maximum atomic E-state index is 13.0. The smallest absolute Gasteiger partial charge is 0.260 e. The second-order valence-electron chi connectivity index (χ2n) is 7.56. The summed E-state index contributed by atoms with van der Waals surface area (Å²) < 4.78 is 5.84. The van der Waals surface area contributed by atoms with Crippen LogP contribution in [-0.2, 0) is 4.79 Å². The first-order valence-electron chi connectivity index (χ1n) is 10.2. The summed E-state index contributed by atoms with van der Waals surface area (Å²) in [5.74, 6) is 0.452. The molecule has 4 rings (SSSR count). The van der Waals surface area contributed by atoms with Gasteiger partial charge in [0.05, 0.1) is 6.04 Å². The van der Waals surface area contributed by atoms with Gasteiger partial charge in [0.1, 0.15) is 0 Å². The summed E-state index contributed by atoms with van der Waals surface area (Å²) in [7, 11) is 1.87. The van der Waals surface area contributed by atoms with Gasteiger partial charge in [0.15, 0.2) is 6.61 Å². The van der Waals surface area contributed by atoms with Crippen molar-refractivity contribution < 1.29 is 9.53 Å². The average molecular weight is 389 g/mol. The Kier molecular flexibility index (Phi) is 6.06. The Morgan fingerprint density at radius 1 is 1.07 bits per heavy atom. The highest BCUT2D eigenvalue weighted by Gasteiger charge is 2.26. The maximum Gasteiger partial charge on any atom is 0.260 e. The van der Waals surface area contributed by atoms with Crippen molar-refractivity contribution in [3.63, 3.8) is 0 Å². The SMILES string of the molecule is CN(C(=O)COc1nccc2ccccc12)[C@H](CN1CCCC1)c1ccccc1. The Morgan fingerprint density at radius 3 is 2.59 bits per heavy atom. The Labute approximate surface area is 171 Å². The van der Waals surface area contributed by atoms with E-state index in [4.69, 9.17) is 4.74 Å². The number of ether oxygens (including phenoxy) is 1. The fourth-order valence-electron chi connectivity index (χ4n) is 3.95. The summed E-state index contributed by atoms with van der Waals surface area (Å²) in [6.07, 6.45) is 4.18. The zero-order valence-electron chi connectivity index (χ0n) is 16.8. The molecule has 1 aliphatic rings. The molecule has 0 N–H and O–H groups in total. The number of nitrogens with zero attached hydrogens (tertiary/aromatic N) is 3. The van der Waals surface area contributed by atoms with Crippen molar-refractivity contribution >= 4 is 16.7 Å². The molecule has 5 nitrogen and oxygen atoms in total.